The van der Waals surface area contributed by atoms with Crippen LogP contribution in [0.3, 0.4) is 0 Å². The summed E-state index contributed by atoms with van der Waals surface area (Å²) in [5.74, 6) is 0. The van der Waals surface area contributed by atoms with Gasteiger partial charge in [-0.3, -0.25) is 4.72 Å². The zero-order valence-corrected chi connectivity index (χ0v) is 13.7. The fraction of sp³-hybridized carbons (Fsp3) is 0.357. The summed E-state index contributed by atoms with van der Waals surface area (Å²) in [6.07, 6.45) is 5.41. The molecule has 0 saturated heterocycles. The number of halogens is 1. The van der Waals surface area contributed by atoms with E-state index < -0.39 is 10.0 Å². The van der Waals surface area contributed by atoms with Gasteiger partial charge in [0.25, 0.3) is 10.0 Å². The molecule has 4 nitrogen and oxygen atoms in total. The number of rotatable bonds is 3. The molecule has 0 saturated carbocycles. The molecule has 0 spiro atoms. The molecule has 21 heavy (non-hydrogen) atoms. The van der Waals surface area contributed by atoms with E-state index in [9.17, 15) is 8.42 Å². The number of hydrogen-bond acceptors (Lipinski definition) is 4. The van der Waals surface area contributed by atoms with Crippen molar-refractivity contribution in [1.29, 1.82) is 0 Å². The van der Waals surface area contributed by atoms with Crippen molar-refractivity contribution in [2.24, 2.45) is 0 Å². The number of thiazole rings is 1. The van der Waals surface area contributed by atoms with E-state index >= 15 is 0 Å². The molecule has 0 aliphatic heterocycles. The van der Waals surface area contributed by atoms with Crippen molar-refractivity contribution >= 4 is 38.1 Å². The highest BCUT2D eigenvalue weighted by Gasteiger charge is 2.19. The zero-order chi connectivity index (χ0) is 14.9. The molecule has 1 aliphatic carbocycles. The number of aryl methyl sites for hydroxylation is 2. The first-order valence-electron chi connectivity index (χ1n) is 6.81. The molecular weight excluding hydrogens is 328 g/mol. The van der Waals surface area contributed by atoms with Gasteiger partial charge in [0.15, 0.2) is 5.13 Å². The summed E-state index contributed by atoms with van der Waals surface area (Å²) >= 11 is 7.29. The van der Waals surface area contributed by atoms with Crippen LogP contribution in [-0.2, 0) is 22.9 Å². The lowest BCUT2D eigenvalue weighted by Gasteiger charge is -2.05. The molecule has 1 heterocycles. The molecule has 2 aromatic rings. The summed E-state index contributed by atoms with van der Waals surface area (Å²) in [4.78, 5) is 5.80. The van der Waals surface area contributed by atoms with Crippen LogP contribution in [0.2, 0.25) is 5.02 Å². The second kappa shape index (κ2) is 5.94. The van der Waals surface area contributed by atoms with E-state index in [2.05, 4.69) is 9.71 Å². The molecule has 0 bridgehead atoms. The maximum Gasteiger partial charge on any atom is 0.263 e. The van der Waals surface area contributed by atoms with Crippen LogP contribution >= 0.6 is 22.9 Å². The molecule has 0 atom stereocenters. The fourth-order valence-corrected chi connectivity index (χ4v) is 4.97. The third kappa shape index (κ3) is 3.39. The largest absolute Gasteiger partial charge is 0.263 e. The summed E-state index contributed by atoms with van der Waals surface area (Å²) in [5.41, 5.74) is 1.04. The zero-order valence-electron chi connectivity index (χ0n) is 11.3. The predicted molar refractivity (Wildman–Crippen MR) is 85.6 cm³/mol. The van der Waals surface area contributed by atoms with Gasteiger partial charge < -0.3 is 0 Å². The van der Waals surface area contributed by atoms with Gasteiger partial charge in [0.1, 0.15) is 0 Å². The minimum absolute atomic E-state index is 0.153. The molecule has 1 aromatic carbocycles. The Labute approximate surface area is 133 Å². The van der Waals surface area contributed by atoms with E-state index in [-0.39, 0.29) is 4.90 Å². The number of anilines is 1. The SMILES string of the molecule is O=S(=O)(Nc1nc2c(s1)CCCCC2)c1cccc(Cl)c1. The van der Waals surface area contributed by atoms with Gasteiger partial charge in [0, 0.05) is 9.90 Å². The van der Waals surface area contributed by atoms with Crippen molar-refractivity contribution in [3.63, 3.8) is 0 Å². The number of aromatic nitrogens is 1. The first-order chi connectivity index (χ1) is 10.0. The third-order valence-electron chi connectivity index (χ3n) is 3.42. The lowest BCUT2D eigenvalue weighted by Crippen LogP contribution is -2.12. The van der Waals surface area contributed by atoms with Crippen LogP contribution in [0, 0.1) is 0 Å². The van der Waals surface area contributed by atoms with Crippen LogP contribution in [0.1, 0.15) is 29.8 Å². The summed E-state index contributed by atoms with van der Waals surface area (Å²) in [5, 5.41) is 0.842. The van der Waals surface area contributed by atoms with Crippen molar-refractivity contribution in [2.75, 3.05) is 4.72 Å². The highest BCUT2D eigenvalue weighted by Crippen LogP contribution is 2.30. The monoisotopic (exact) mass is 342 g/mol. The van der Waals surface area contributed by atoms with Crippen LogP contribution < -0.4 is 4.72 Å². The molecule has 0 radical (unpaired) electrons. The van der Waals surface area contributed by atoms with Gasteiger partial charge in [0.05, 0.1) is 10.6 Å². The van der Waals surface area contributed by atoms with Gasteiger partial charge in [-0.1, -0.05) is 24.1 Å². The number of fused-ring (bicyclic) bond motifs is 1. The van der Waals surface area contributed by atoms with E-state index in [1.54, 1.807) is 12.1 Å². The summed E-state index contributed by atoms with van der Waals surface area (Å²) < 4.78 is 27.2. The molecule has 112 valence electrons. The average molecular weight is 343 g/mol. The average Bonchev–Trinajstić information content (AvgIpc) is 2.67. The molecule has 0 unspecified atom stereocenters. The Bertz CT molecular complexity index is 733. The second-order valence-corrected chi connectivity index (χ2v) is 8.21. The van der Waals surface area contributed by atoms with Crippen molar-refractivity contribution in [2.45, 2.75) is 37.0 Å². The smallest absolute Gasteiger partial charge is 0.255 e. The van der Waals surface area contributed by atoms with Crippen molar-refractivity contribution in [3.8, 4) is 0 Å². The number of hydrogen-bond donors (Lipinski definition) is 1. The van der Waals surface area contributed by atoms with Gasteiger partial charge in [-0.25, -0.2) is 13.4 Å². The maximum atomic E-state index is 12.3. The molecule has 1 aliphatic rings. The van der Waals surface area contributed by atoms with E-state index in [1.807, 2.05) is 0 Å². The normalized spacial score (nSPS) is 15.3. The highest BCUT2D eigenvalue weighted by molar-refractivity contribution is 7.93. The standard InChI is InChI=1S/C14H15ClN2O2S2/c15-10-5-4-6-11(9-10)21(18,19)17-14-16-12-7-2-1-3-8-13(12)20-14/h4-6,9H,1-3,7-8H2,(H,16,17). The van der Waals surface area contributed by atoms with E-state index in [0.29, 0.717) is 10.2 Å². The number of nitrogens with one attached hydrogen (secondary N) is 1. The fourth-order valence-electron chi connectivity index (χ4n) is 2.38. The summed E-state index contributed by atoms with van der Waals surface area (Å²) in [7, 11) is -3.63. The first kappa shape index (κ1) is 14.8. The van der Waals surface area contributed by atoms with E-state index in [1.165, 1.54) is 34.8 Å². The highest BCUT2D eigenvalue weighted by atomic mass is 35.5. The van der Waals surface area contributed by atoms with Crippen LogP contribution in [0.25, 0.3) is 0 Å². The Morgan fingerprint density at radius 3 is 2.81 bits per heavy atom. The predicted octanol–water partition coefficient (Wildman–Crippen LogP) is 3.87. The quantitative estimate of drug-likeness (QED) is 0.861. The van der Waals surface area contributed by atoms with E-state index in [0.717, 1.165) is 31.4 Å². The number of sulfonamides is 1. The minimum atomic E-state index is -3.63. The molecular formula is C14H15ClN2O2S2. The van der Waals surface area contributed by atoms with Crippen molar-refractivity contribution in [3.05, 3.63) is 39.9 Å². The first-order valence-corrected chi connectivity index (χ1v) is 9.49. The number of benzene rings is 1. The van der Waals surface area contributed by atoms with Gasteiger partial charge in [0.2, 0.25) is 0 Å². The van der Waals surface area contributed by atoms with Gasteiger partial charge in [-0.05, 0) is 43.9 Å². The Kier molecular flexibility index (Phi) is 4.19. The van der Waals surface area contributed by atoms with Gasteiger partial charge in [-0.15, -0.1) is 11.3 Å². The second-order valence-electron chi connectivity index (χ2n) is 5.01. The number of nitrogens with zero attached hydrogens (tertiary/aromatic N) is 1. The Balaban J connectivity index is 1.86. The molecule has 1 aromatic heterocycles. The van der Waals surface area contributed by atoms with Crippen LogP contribution in [0.5, 0.6) is 0 Å². The molecule has 0 amide bonds. The molecule has 7 heteroatoms. The van der Waals surface area contributed by atoms with E-state index in [4.69, 9.17) is 11.6 Å². The lowest BCUT2D eigenvalue weighted by atomic mass is 10.2. The summed E-state index contributed by atoms with van der Waals surface area (Å²) in [6, 6.07) is 6.22. The van der Waals surface area contributed by atoms with Crippen molar-refractivity contribution in [1.82, 2.24) is 4.98 Å². The molecule has 0 fully saturated rings. The van der Waals surface area contributed by atoms with Gasteiger partial charge >= 0.3 is 0 Å². The maximum absolute atomic E-state index is 12.3. The molecule has 3 rings (SSSR count). The summed E-state index contributed by atoms with van der Waals surface area (Å²) in [6.45, 7) is 0. The lowest BCUT2D eigenvalue weighted by molar-refractivity contribution is 0.601. The Hall–Kier alpha value is -1.11. The third-order valence-corrected chi connectivity index (χ3v) is 6.20. The topological polar surface area (TPSA) is 59.1 Å². The van der Waals surface area contributed by atoms with Crippen LogP contribution in [0.4, 0.5) is 5.13 Å². The Morgan fingerprint density at radius 2 is 2.00 bits per heavy atom. The Morgan fingerprint density at radius 1 is 1.19 bits per heavy atom. The van der Waals surface area contributed by atoms with Crippen LogP contribution in [-0.4, -0.2) is 13.4 Å². The van der Waals surface area contributed by atoms with Gasteiger partial charge in [-0.2, -0.15) is 0 Å². The molecule has 1 N–H and O–H groups in total. The van der Waals surface area contributed by atoms with Crippen LogP contribution in [0.15, 0.2) is 29.2 Å². The van der Waals surface area contributed by atoms with Crippen molar-refractivity contribution < 1.29 is 8.42 Å². The minimum Gasteiger partial charge on any atom is -0.255 e.